The molecule has 2 aliphatic rings. The maximum atomic E-state index is 13.2. The van der Waals surface area contributed by atoms with E-state index in [0.29, 0.717) is 5.57 Å². The van der Waals surface area contributed by atoms with E-state index < -0.39 is 22.3 Å². The fourth-order valence-corrected chi connectivity index (χ4v) is 3.28. The van der Waals surface area contributed by atoms with Crippen molar-refractivity contribution in [1.29, 1.82) is 10.7 Å². The highest BCUT2D eigenvalue weighted by Crippen LogP contribution is 2.45. The molecule has 25 heavy (non-hydrogen) atoms. The summed E-state index contributed by atoms with van der Waals surface area (Å²) in [5, 5.41) is 26.9. The third kappa shape index (κ3) is 2.50. The number of amidine groups is 1. The number of fused-ring (bicyclic) bond motifs is 1. The van der Waals surface area contributed by atoms with Crippen LogP contribution in [0.3, 0.4) is 0 Å². The Labute approximate surface area is 146 Å². The molecule has 0 amide bonds. The van der Waals surface area contributed by atoms with Gasteiger partial charge in [0.05, 0.1) is 16.1 Å². The number of alkyl halides is 3. The lowest BCUT2D eigenvalue weighted by Crippen LogP contribution is -2.45. The van der Waals surface area contributed by atoms with E-state index in [1.807, 2.05) is 6.07 Å². The van der Waals surface area contributed by atoms with Gasteiger partial charge < -0.3 is 10.0 Å². The molecule has 0 bridgehead atoms. The first-order chi connectivity index (χ1) is 11.6. The summed E-state index contributed by atoms with van der Waals surface area (Å²) < 4.78 is 39.5. The largest absolute Gasteiger partial charge is 0.508 e. The summed E-state index contributed by atoms with van der Waals surface area (Å²) in [5.74, 6) is -0.340. The summed E-state index contributed by atoms with van der Waals surface area (Å²) in [7, 11) is 0. The van der Waals surface area contributed by atoms with Gasteiger partial charge in [0, 0.05) is 11.3 Å². The molecule has 0 spiro atoms. The number of nitrogens with one attached hydrogen (secondary N) is 1. The van der Waals surface area contributed by atoms with E-state index in [0.717, 1.165) is 12.1 Å². The first kappa shape index (κ1) is 17.1. The second-order valence-electron chi connectivity index (χ2n) is 5.80. The van der Waals surface area contributed by atoms with Crippen LogP contribution in [0.1, 0.15) is 12.5 Å². The van der Waals surface area contributed by atoms with Crippen molar-refractivity contribution in [3.63, 3.8) is 0 Å². The number of aliphatic hydroxyl groups is 1. The Hall–Kier alpha value is -2.72. The first-order valence-corrected chi connectivity index (χ1v) is 7.48. The van der Waals surface area contributed by atoms with Gasteiger partial charge in [0.25, 0.3) is 0 Å². The zero-order valence-electron chi connectivity index (χ0n) is 12.8. The summed E-state index contributed by atoms with van der Waals surface area (Å²) in [6, 6.07) is 5.22. The van der Waals surface area contributed by atoms with Gasteiger partial charge in [-0.2, -0.15) is 18.4 Å². The second-order valence-corrected chi connectivity index (χ2v) is 6.20. The van der Waals surface area contributed by atoms with Crippen molar-refractivity contribution in [3.8, 4) is 6.07 Å². The fourth-order valence-electron chi connectivity index (χ4n) is 3.05. The van der Waals surface area contributed by atoms with Gasteiger partial charge in [0.1, 0.15) is 23.2 Å². The smallest absolute Gasteiger partial charge is 0.417 e. The van der Waals surface area contributed by atoms with Crippen LogP contribution in [0.15, 0.2) is 53.3 Å². The molecular weight excluding hydrogens is 355 g/mol. The maximum Gasteiger partial charge on any atom is 0.417 e. The number of nitriles is 1. The highest BCUT2D eigenvalue weighted by molar-refractivity contribution is 6.31. The minimum atomic E-state index is -4.65. The molecule has 1 aliphatic heterocycles. The van der Waals surface area contributed by atoms with Gasteiger partial charge in [-0.25, -0.2) is 0 Å². The summed E-state index contributed by atoms with van der Waals surface area (Å²) in [4.78, 5) is 1.31. The topological polar surface area (TPSA) is 71.1 Å². The minimum absolute atomic E-state index is 0.0121. The Morgan fingerprint density at radius 3 is 2.64 bits per heavy atom. The van der Waals surface area contributed by atoms with E-state index >= 15 is 0 Å². The van der Waals surface area contributed by atoms with Crippen molar-refractivity contribution in [1.82, 2.24) is 0 Å². The number of nitrogens with zero attached hydrogens (tertiary/aromatic N) is 2. The third-order valence-electron chi connectivity index (χ3n) is 4.24. The molecule has 0 saturated carbocycles. The highest BCUT2D eigenvalue weighted by atomic mass is 35.5. The maximum absolute atomic E-state index is 13.2. The number of hydrogen-bond acceptors (Lipinski definition) is 3. The van der Waals surface area contributed by atoms with Crippen LogP contribution in [0.2, 0.25) is 5.02 Å². The molecule has 2 N–H and O–H groups in total. The van der Waals surface area contributed by atoms with Gasteiger partial charge in [-0.3, -0.25) is 5.41 Å². The zero-order chi connectivity index (χ0) is 18.6. The Bertz CT molecular complexity index is 924. The quantitative estimate of drug-likeness (QED) is 0.754. The van der Waals surface area contributed by atoms with Gasteiger partial charge in [0.15, 0.2) is 0 Å². The molecule has 8 heteroatoms. The number of benzene rings is 1. The molecule has 4 nitrogen and oxygen atoms in total. The number of hydrogen-bond donors (Lipinski definition) is 2. The molecule has 0 saturated heterocycles. The van der Waals surface area contributed by atoms with Crippen LogP contribution >= 0.6 is 11.6 Å². The minimum Gasteiger partial charge on any atom is -0.508 e. The van der Waals surface area contributed by atoms with Crippen LogP contribution in [-0.4, -0.2) is 16.5 Å². The summed E-state index contributed by atoms with van der Waals surface area (Å²) in [6.07, 6.45) is -0.387. The lowest BCUT2D eigenvalue weighted by atomic mass is 9.86. The number of allylic oxidation sites excluding steroid dienone is 1. The predicted molar refractivity (Wildman–Crippen MR) is 87.6 cm³/mol. The highest BCUT2D eigenvalue weighted by Gasteiger charge is 2.47. The van der Waals surface area contributed by atoms with Gasteiger partial charge in [-0.15, -0.1) is 0 Å². The second kappa shape index (κ2) is 5.39. The van der Waals surface area contributed by atoms with Crippen molar-refractivity contribution in [3.05, 3.63) is 63.9 Å². The first-order valence-electron chi connectivity index (χ1n) is 7.10. The van der Waals surface area contributed by atoms with E-state index in [1.165, 1.54) is 23.1 Å². The molecule has 128 valence electrons. The lowest BCUT2D eigenvalue weighted by Gasteiger charge is -2.37. The summed E-state index contributed by atoms with van der Waals surface area (Å²) in [5.41, 5.74) is -1.67. The van der Waals surface area contributed by atoms with Gasteiger partial charge in [-0.05, 0) is 37.3 Å². The number of rotatable bonds is 1. The Morgan fingerprint density at radius 2 is 2.04 bits per heavy atom. The van der Waals surface area contributed by atoms with Crippen molar-refractivity contribution < 1.29 is 18.3 Å². The van der Waals surface area contributed by atoms with Crippen LogP contribution in [0.5, 0.6) is 0 Å². The van der Waals surface area contributed by atoms with Crippen LogP contribution in [0, 0.1) is 16.7 Å². The zero-order valence-corrected chi connectivity index (χ0v) is 13.6. The molecule has 0 aromatic heterocycles. The van der Waals surface area contributed by atoms with Gasteiger partial charge in [0.2, 0.25) is 0 Å². The predicted octanol–water partition coefficient (Wildman–Crippen LogP) is 4.75. The van der Waals surface area contributed by atoms with Crippen LogP contribution < -0.4 is 4.90 Å². The average Bonchev–Trinajstić information content (AvgIpc) is 2.74. The number of halogens is 4. The van der Waals surface area contributed by atoms with E-state index in [2.05, 4.69) is 0 Å². The van der Waals surface area contributed by atoms with E-state index in [9.17, 15) is 23.5 Å². The molecule has 1 aliphatic carbocycles. The molecule has 1 aromatic rings. The molecule has 1 aromatic carbocycles. The Balaban J connectivity index is 2.19. The van der Waals surface area contributed by atoms with Crippen molar-refractivity contribution in [2.24, 2.45) is 0 Å². The van der Waals surface area contributed by atoms with E-state index in [1.54, 1.807) is 13.0 Å². The monoisotopic (exact) mass is 365 g/mol. The molecule has 0 radical (unpaired) electrons. The molecular formula is C17H11ClF3N3O. The van der Waals surface area contributed by atoms with Crippen molar-refractivity contribution in [2.45, 2.75) is 18.6 Å². The molecule has 0 fully saturated rings. The molecule has 1 heterocycles. The van der Waals surface area contributed by atoms with Crippen LogP contribution in [0.4, 0.5) is 18.9 Å². The van der Waals surface area contributed by atoms with Crippen molar-refractivity contribution in [2.75, 3.05) is 4.90 Å². The standard InChI is InChI=1S/C17H11ClF3N3O/c1-16-5-4-10(25)7-12(16)11(8-22)15(23)24(16)9-2-3-14(18)13(6-9)17(19,20)21/h2-7,23,25H,1H3. The van der Waals surface area contributed by atoms with Crippen molar-refractivity contribution >= 4 is 23.1 Å². The van der Waals surface area contributed by atoms with Gasteiger partial charge >= 0.3 is 6.18 Å². The fraction of sp³-hybridized carbons (Fsp3) is 0.176. The van der Waals surface area contributed by atoms with Crippen LogP contribution in [-0.2, 0) is 6.18 Å². The molecule has 1 atom stereocenters. The van der Waals surface area contributed by atoms with E-state index in [-0.39, 0.29) is 22.9 Å². The summed E-state index contributed by atoms with van der Waals surface area (Å²) >= 11 is 5.66. The summed E-state index contributed by atoms with van der Waals surface area (Å²) in [6.45, 7) is 1.66. The number of anilines is 1. The van der Waals surface area contributed by atoms with Gasteiger partial charge in [-0.1, -0.05) is 17.7 Å². The normalized spacial score (nSPS) is 22.8. The van der Waals surface area contributed by atoms with E-state index in [4.69, 9.17) is 17.0 Å². The third-order valence-corrected chi connectivity index (χ3v) is 4.57. The SMILES string of the molecule is CC12C=CC(O)=CC1=C(C#N)C(=N)N2c1ccc(Cl)c(C(F)(F)F)c1. The Kier molecular flexibility index (Phi) is 3.69. The van der Waals surface area contributed by atoms with Crippen LogP contribution in [0.25, 0.3) is 0 Å². The lowest BCUT2D eigenvalue weighted by molar-refractivity contribution is -0.137. The number of aliphatic hydroxyl groups excluding tert-OH is 1. The molecule has 1 unspecified atom stereocenters. The Morgan fingerprint density at radius 1 is 1.36 bits per heavy atom. The average molecular weight is 366 g/mol. The molecule has 3 rings (SSSR count).